The molecule has 2 heterocycles. The summed E-state index contributed by atoms with van der Waals surface area (Å²) < 4.78 is 0. The number of aromatic nitrogens is 1. The van der Waals surface area contributed by atoms with E-state index >= 15 is 0 Å². The summed E-state index contributed by atoms with van der Waals surface area (Å²) in [5, 5.41) is 1.99. The lowest BCUT2D eigenvalue weighted by Gasteiger charge is -2.16. The van der Waals surface area contributed by atoms with E-state index in [1.54, 1.807) is 41.6 Å². The highest BCUT2D eigenvalue weighted by atomic mass is 32.1. The van der Waals surface area contributed by atoms with E-state index in [1.807, 2.05) is 17.5 Å². The van der Waals surface area contributed by atoms with E-state index in [4.69, 9.17) is 5.73 Å². The van der Waals surface area contributed by atoms with Gasteiger partial charge in [-0.3, -0.25) is 4.79 Å². The van der Waals surface area contributed by atoms with E-state index in [2.05, 4.69) is 4.98 Å². The van der Waals surface area contributed by atoms with E-state index < -0.39 is 0 Å². The average Bonchev–Trinajstić information content (AvgIpc) is 2.81. The number of thiophene rings is 1. The van der Waals surface area contributed by atoms with Gasteiger partial charge < -0.3 is 10.6 Å². The summed E-state index contributed by atoms with van der Waals surface area (Å²) in [6, 6.07) is 7.36. The third-order valence-electron chi connectivity index (χ3n) is 2.36. The lowest BCUT2D eigenvalue weighted by atomic mass is 10.2. The largest absolute Gasteiger partial charge is 0.397 e. The molecular formula is C12H13N3OS. The quantitative estimate of drug-likeness (QED) is 0.902. The van der Waals surface area contributed by atoms with Crippen molar-refractivity contribution >= 4 is 22.9 Å². The minimum atomic E-state index is -0.156. The summed E-state index contributed by atoms with van der Waals surface area (Å²) >= 11 is 1.62. The predicted molar refractivity (Wildman–Crippen MR) is 68.8 cm³/mol. The van der Waals surface area contributed by atoms with Crippen molar-refractivity contribution in [2.24, 2.45) is 0 Å². The summed E-state index contributed by atoms with van der Waals surface area (Å²) in [5.41, 5.74) is 6.45. The van der Waals surface area contributed by atoms with Crippen molar-refractivity contribution in [3.63, 3.8) is 0 Å². The molecule has 1 amide bonds. The Kier molecular flexibility index (Phi) is 3.39. The summed E-state index contributed by atoms with van der Waals surface area (Å²) in [6.45, 7) is 0.576. The summed E-state index contributed by atoms with van der Waals surface area (Å²) in [6.07, 6.45) is 1.57. The van der Waals surface area contributed by atoms with Gasteiger partial charge in [0.05, 0.1) is 12.2 Å². The van der Waals surface area contributed by atoms with Gasteiger partial charge >= 0.3 is 0 Å². The van der Waals surface area contributed by atoms with Gasteiger partial charge in [-0.15, -0.1) is 11.3 Å². The van der Waals surface area contributed by atoms with Crippen LogP contribution in [0.3, 0.4) is 0 Å². The monoisotopic (exact) mass is 247 g/mol. The molecule has 2 aromatic heterocycles. The van der Waals surface area contributed by atoms with Crippen molar-refractivity contribution in [1.82, 2.24) is 9.88 Å². The molecule has 0 saturated heterocycles. The zero-order valence-corrected chi connectivity index (χ0v) is 10.3. The van der Waals surface area contributed by atoms with Gasteiger partial charge in [-0.25, -0.2) is 4.98 Å². The third-order valence-corrected chi connectivity index (χ3v) is 3.22. The smallest absolute Gasteiger partial charge is 0.274 e. The highest BCUT2D eigenvalue weighted by Gasteiger charge is 2.16. The molecule has 88 valence electrons. The van der Waals surface area contributed by atoms with Crippen LogP contribution in [0, 0.1) is 0 Å². The van der Waals surface area contributed by atoms with E-state index in [-0.39, 0.29) is 5.91 Å². The Morgan fingerprint density at radius 3 is 2.94 bits per heavy atom. The molecule has 0 fully saturated rings. The molecule has 2 rings (SSSR count). The number of rotatable bonds is 3. The van der Waals surface area contributed by atoms with Gasteiger partial charge in [0.25, 0.3) is 5.91 Å². The van der Waals surface area contributed by atoms with Crippen molar-refractivity contribution in [1.29, 1.82) is 0 Å². The number of amides is 1. The molecule has 0 atom stereocenters. The van der Waals surface area contributed by atoms with Gasteiger partial charge in [-0.05, 0) is 23.6 Å². The molecule has 0 unspecified atom stereocenters. The van der Waals surface area contributed by atoms with Gasteiger partial charge in [0, 0.05) is 18.1 Å². The van der Waals surface area contributed by atoms with Crippen LogP contribution in [-0.4, -0.2) is 22.8 Å². The Hall–Kier alpha value is -1.88. The number of carbonyl (C=O) groups is 1. The number of nitrogens with zero attached hydrogens (tertiary/aromatic N) is 2. The molecule has 0 spiro atoms. The molecule has 0 aliphatic carbocycles. The van der Waals surface area contributed by atoms with Crippen LogP contribution >= 0.6 is 11.3 Å². The van der Waals surface area contributed by atoms with E-state index in [0.717, 1.165) is 4.88 Å². The first-order valence-electron chi connectivity index (χ1n) is 5.17. The van der Waals surface area contributed by atoms with Crippen molar-refractivity contribution in [2.75, 3.05) is 12.8 Å². The van der Waals surface area contributed by atoms with Crippen LogP contribution in [0.1, 0.15) is 15.4 Å². The number of hydrogen-bond donors (Lipinski definition) is 1. The molecule has 0 aromatic carbocycles. The number of anilines is 1. The average molecular weight is 247 g/mol. The first kappa shape index (κ1) is 11.6. The van der Waals surface area contributed by atoms with Crippen molar-refractivity contribution in [2.45, 2.75) is 6.54 Å². The third kappa shape index (κ3) is 2.62. The minimum absolute atomic E-state index is 0.156. The Morgan fingerprint density at radius 2 is 2.29 bits per heavy atom. The zero-order valence-electron chi connectivity index (χ0n) is 9.46. The van der Waals surface area contributed by atoms with Crippen LogP contribution < -0.4 is 5.73 Å². The summed E-state index contributed by atoms with van der Waals surface area (Å²) in [4.78, 5) is 18.8. The molecule has 0 saturated carbocycles. The van der Waals surface area contributed by atoms with Crippen molar-refractivity contribution in [3.05, 3.63) is 46.4 Å². The van der Waals surface area contributed by atoms with E-state index in [9.17, 15) is 4.79 Å². The first-order valence-corrected chi connectivity index (χ1v) is 6.05. The molecule has 5 heteroatoms. The summed E-state index contributed by atoms with van der Waals surface area (Å²) in [5.74, 6) is -0.156. The van der Waals surface area contributed by atoms with Crippen LogP contribution in [0.5, 0.6) is 0 Å². The Morgan fingerprint density at radius 1 is 1.47 bits per heavy atom. The predicted octanol–water partition coefficient (Wildman–Crippen LogP) is 2.00. The maximum absolute atomic E-state index is 12.1. The fourth-order valence-electron chi connectivity index (χ4n) is 1.49. The number of hydrogen-bond acceptors (Lipinski definition) is 4. The lowest BCUT2D eigenvalue weighted by Crippen LogP contribution is -2.27. The highest BCUT2D eigenvalue weighted by molar-refractivity contribution is 7.09. The Balaban J connectivity index is 2.13. The van der Waals surface area contributed by atoms with Crippen molar-refractivity contribution < 1.29 is 4.79 Å². The van der Waals surface area contributed by atoms with Crippen LogP contribution in [-0.2, 0) is 6.54 Å². The zero-order chi connectivity index (χ0) is 12.3. The number of nitrogens with two attached hydrogens (primary N) is 1. The fraction of sp³-hybridized carbons (Fsp3) is 0.167. The maximum Gasteiger partial charge on any atom is 0.274 e. The molecule has 2 aromatic rings. The SMILES string of the molecule is CN(Cc1cccs1)C(=O)c1ncccc1N. The highest BCUT2D eigenvalue weighted by Crippen LogP contribution is 2.14. The second kappa shape index (κ2) is 4.97. The molecular weight excluding hydrogens is 234 g/mol. The molecule has 0 aliphatic rings. The molecule has 0 aliphatic heterocycles. The lowest BCUT2D eigenvalue weighted by molar-refractivity contribution is 0.0782. The van der Waals surface area contributed by atoms with Crippen LogP contribution in [0.25, 0.3) is 0 Å². The maximum atomic E-state index is 12.1. The van der Waals surface area contributed by atoms with Crippen LogP contribution in [0.15, 0.2) is 35.8 Å². The van der Waals surface area contributed by atoms with Gasteiger partial charge in [0.2, 0.25) is 0 Å². The molecule has 17 heavy (non-hydrogen) atoms. The molecule has 0 bridgehead atoms. The summed E-state index contributed by atoms with van der Waals surface area (Å²) in [7, 11) is 1.75. The van der Waals surface area contributed by atoms with Gasteiger partial charge in [-0.2, -0.15) is 0 Å². The second-order valence-corrected chi connectivity index (χ2v) is 4.71. The molecule has 4 nitrogen and oxygen atoms in total. The molecule has 2 N–H and O–H groups in total. The van der Waals surface area contributed by atoms with E-state index in [0.29, 0.717) is 17.9 Å². The number of nitrogen functional groups attached to an aromatic ring is 1. The van der Waals surface area contributed by atoms with Crippen molar-refractivity contribution in [3.8, 4) is 0 Å². The van der Waals surface area contributed by atoms with E-state index in [1.165, 1.54) is 0 Å². The Labute approximate surface area is 104 Å². The van der Waals surface area contributed by atoms with Gasteiger partial charge in [0.1, 0.15) is 0 Å². The topological polar surface area (TPSA) is 59.2 Å². The standard InChI is InChI=1S/C12H13N3OS/c1-15(8-9-4-3-7-17-9)12(16)11-10(13)5-2-6-14-11/h2-7H,8,13H2,1H3. The minimum Gasteiger partial charge on any atom is -0.397 e. The molecule has 0 radical (unpaired) electrons. The fourth-order valence-corrected chi connectivity index (χ4v) is 2.24. The van der Waals surface area contributed by atoms with Gasteiger partial charge in [-0.1, -0.05) is 6.07 Å². The van der Waals surface area contributed by atoms with Crippen LogP contribution in [0.2, 0.25) is 0 Å². The van der Waals surface area contributed by atoms with Gasteiger partial charge in [0.15, 0.2) is 5.69 Å². The normalized spacial score (nSPS) is 10.2. The number of carbonyl (C=O) groups excluding carboxylic acids is 1. The van der Waals surface area contributed by atoms with Crippen LogP contribution in [0.4, 0.5) is 5.69 Å². The number of pyridine rings is 1. The second-order valence-electron chi connectivity index (χ2n) is 3.68. The first-order chi connectivity index (χ1) is 8.18. The Bertz CT molecular complexity index is 510.